The number of benzene rings is 1. The van der Waals surface area contributed by atoms with Crippen LogP contribution < -0.4 is 14.8 Å². The average molecular weight is 381 g/mol. The molecule has 0 atom stereocenters. The number of carbonyl (C=O) groups is 1. The first kappa shape index (κ1) is 20.6. The van der Waals surface area contributed by atoms with E-state index in [9.17, 15) is 4.79 Å². The molecule has 0 aliphatic carbocycles. The van der Waals surface area contributed by atoms with Crippen LogP contribution >= 0.6 is 11.6 Å². The van der Waals surface area contributed by atoms with Crippen LogP contribution in [-0.2, 0) is 4.79 Å². The lowest BCUT2D eigenvalue weighted by molar-refractivity contribution is -0.116. The van der Waals surface area contributed by atoms with Crippen molar-refractivity contribution >= 4 is 23.6 Å². The van der Waals surface area contributed by atoms with E-state index < -0.39 is 0 Å². The molecule has 1 aliphatic heterocycles. The van der Waals surface area contributed by atoms with Crippen molar-refractivity contribution in [1.82, 2.24) is 10.2 Å². The summed E-state index contributed by atoms with van der Waals surface area (Å²) in [7, 11) is 1.57. The van der Waals surface area contributed by atoms with Gasteiger partial charge in [0.25, 0.3) is 0 Å². The minimum Gasteiger partial charge on any atom is -0.493 e. The van der Waals surface area contributed by atoms with Crippen molar-refractivity contribution in [3.05, 3.63) is 28.8 Å². The van der Waals surface area contributed by atoms with Crippen LogP contribution in [0.2, 0.25) is 5.02 Å². The third-order valence-electron chi connectivity index (χ3n) is 4.57. The van der Waals surface area contributed by atoms with Crippen molar-refractivity contribution in [2.24, 2.45) is 5.92 Å². The largest absolute Gasteiger partial charge is 0.493 e. The summed E-state index contributed by atoms with van der Waals surface area (Å²) >= 11 is 6.24. The molecule has 1 aromatic carbocycles. The van der Waals surface area contributed by atoms with E-state index in [1.165, 1.54) is 18.9 Å². The van der Waals surface area contributed by atoms with E-state index in [1.807, 2.05) is 6.92 Å². The van der Waals surface area contributed by atoms with Gasteiger partial charge >= 0.3 is 0 Å². The molecule has 0 radical (unpaired) electrons. The number of piperidine rings is 1. The Kier molecular flexibility index (Phi) is 8.26. The number of amides is 1. The van der Waals surface area contributed by atoms with Gasteiger partial charge in [-0.15, -0.1) is 0 Å². The summed E-state index contributed by atoms with van der Waals surface area (Å²) in [6.07, 6.45) is 5.73. The molecule has 0 aromatic heterocycles. The van der Waals surface area contributed by atoms with Gasteiger partial charge in [0.2, 0.25) is 5.91 Å². The Hall–Kier alpha value is -1.72. The van der Waals surface area contributed by atoms with E-state index >= 15 is 0 Å². The standard InChI is InChI=1S/C20H29ClN2O3/c1-4-26-20-17(21)13-16(14-18(20)25-3)5-6-19(24)22-9-12-23-10-7-15(2)8-11-23/h5-6,13-15H,4,7-12H2,1-3H3,(H,22,24)/b6-5+. The highest BCUT2D eigenvalue weighted by atomic mass is 35.5. The second kappa shape index (κ2) is 10.4. The number of ether oxygens (including phenoxy) is 2. The van der Waals surface area contributed by atoms with Gasteiger partial charge in [-0.1, -0.05) is 18.5 Å². The predicted molar refractivity (Wildman–Crippen MR) is 106 cm³/mol. The molecule has 1 heterocycles. The van der Waals surface area contributed by atoms with E-state index in [-0.39, 0.29) is 5.91 Å². The number of carbonyl (C=O) groups excluding carboxylic acids is 1. The van der Waals surface area contributed by atoms with Crippen LogP contribution in [0, 0.1) is 5.92 Å². The maximum atomic E-state index is 12.0. The van der Waals surface area contributed by atoms with Crippen LogP contribution in [-0.4, -0.2) is 50.7 Å². The van der Waals surface area contributed by atoms with Gasteiger partial charge in [0.15, 0.2) is 11.5 Å². The molecule has 1 aromatic rings. The molecule has 1 fully saturated rings. The Morgan fingerprint density at radius 3 is 2.77 bits per heavy atom. The lowest BCUT2D eigenvalue weighted by atomic mass is 9.99. The molecule has 1 aliphatic rings. The molecule has 6 heteroatoms. The van der Waals surface area contributed by atoms with Gasteiger partial charge in [-0.2, -0.15) is 0 Å². The number of nitrogens with one attached hydrogen (secondary N) is 1. The monoisotopic (exact) mass is 380 g/mol. The highest BCUT2D eigenvalue weighted by Crippen LogP contribution is 2.36. The maximum absolute atomic E-state index is 12.0. The molecule has 1 saturated heterocycles. The summed E-state index contributed by atoms with van der Waals surface area (Å²) in [4.78, 5) is 14.4. The molecular weight excluding hydrogens is 352 g/mol. The lowest BCUT2D eigenvalue weighted by Gasteiger charge is -2.29. The number of nitrogens with zero attached hydrogens (tertiary/aromatic N) is 1. The fourth-order valence-corrected chi connectivity index (χ4v) is 3.25. The smallest absolute Gasteiger partial charge is 0.244 e. The second-order valence-electron chi connectivity index (χ2n) is 6.62. The van der Waals surface area contributed by atoms with Crippen molar-refractivity contribution in [2.75, 3.05) is 39.9 Å². The SMILES string of the molecule is CCOc1c(Cl)cc(/C=C/C(=O)NCCN2CCC(C)CC2)cc1OC. The van der Waals surface area contributed by atoms with Gasteiger partial charge in [0, 0.05) is 19.2 Å². The van der Waals surface area contributed by atoms with E-state index in [0.717, 1.165) is 31.1 Å². The van der Waals surface area contributed by atoms with Crippen LogP contribution in [0.25, 0.3) is 6.08 Å². The zero-order chi connectivity index (χ0) is 18.9. The van der Waals surface area contributed by atoms with Gasteiger partial charge < -0.3 is 19.7 Å². The first-order valence-electron chi connectivity index (χ1n) is 9.22. The Morgan fingerprint density at radius 1 is 1.38 bits per heavy atom. The summed E-state index contributed by atoms with van der Waals surface area (Å²) in [6.45, 7) is 8.49. The Labute approximate surface area is 161 Å². The average Bonchev–Trinajstić information content (AvgIpc) is 2.63. The maximum Gasteiger partial charge on any atom is 0.244 e. The molecule has 1 amide bonds. The lowest BCUT2D eigenvalue weighted by Crippen LogP contribution is -2.38. The molecule has 5 nitrogen and oxygen atoms in total. The number of methoxy groups -OCH3 is 1. The zero-order valence-electron chi connectivity index (χ0n) is 15.9. The third kappa shape index (κ3) is 6.22. The first-order chi connectivity index (χ1) is 12.5. The van der Waals surface area contributed by atoms with Crippen LogP contribution in [0.5, 0.6) is 11.5 Å². The molecule has 2 rings (SSSR count). The van der Waals surface area contributed by atoms with E-state index in [4.69, 9.17) is 21.1 Å². The third-order valence-corrected chi connectivity index (χ3v) is 4.85. The van der Waals surface area contributed by atoms with E-state index in [1.54, 1.807) is 25.3 Å². The van der Waals surface area contributed by atoms with Gasteiger partial charge in [-0.3, -0.25) is 4.79 Å². The normalized spacial score (nSPS) is 16.0. The summed E-state index contributed by atoms with van der Waals surface area (Å²) in [6, 6.07) is 3.56. The van der Waals surface area contributed by atoms with Crippen molar-refractivity contribution < 1.29 is 14.3 Å². The summed E-state index contributed by atoms with van der Waals surface area (Å²) < 4.78 is 10.8. The van der Waals surface area contributed by atoms with Crippen molar-refractivity contribution in [3.63, 3.8) is 0 Å². The van der Waals surface area contributed by atoms with Crippen molar-refractivity contribution in [3.8, 4) is 11.5 Å². The molecule has 1 N–H and O–H groups in total. The van der Waals surface area contributed by atoms with E-state index in [2.05, 4.69) is 17.1 Å². The summed E-state index contributed by atoms with van der Waals surface area (Å²) in [5.74, 6) is 1.79. The summed E-state index contributed by atoms with van der Waals surface area (Å²) in [5, 5.41) is 3.39. The topological polar surface area (TPSA) is 50.8 Å². The van der Waals surface area contributed by atoms with Crippen LogP contribution in [0.4, 0.5) is 0 Å². The molecular formula is C20H29ClN2O3. The van der Waals surface area contributed by atoms with Gasteiger partial charge in [-0.25, -0.2) is 0 Å². The second-order valence-corrected chi connectivity index (χ2v) is 7.02. The molecule has 144 valence electrons. The van der Waals surface area contributed by atoms with Gasteiger partial charge in [-0.05, 0) is 62.5 Å². The summed E-state index contributed by atoms with van der Waals surface area (Å²) in [5.41, 5.74) is 0.787. The Morgan fingerprint density at radius 2 is 2.12 bits per heavy atom. The molecule has 0 spiro atoms. The van der Waals surface area contributed by atoms with E-state index in [0.29, 0.717) is 29.7 Å². The number of halogens is 1. The fraction of sp³-hybridized carbons (Fsp3) is 0.550. The molecule has 0 unspecified atom stereocenters. The quantitative estimate of drug-likeness (QED) is 0.700. The Balaban J connectivity index is 1.84. The van der Waals surface area contributed by atoms with Crippen LogP contribution in [0.15, 0.2) is 18.2 Å². The minimum atomic E-state index is -0.112. The minimum absolute atomic E-state index is 0.112. The highest BCUT2D eigenvalue weighted by Gasteiger charge is 2.15. The van der Waals surface area contributed by atoms with Crippen LogP contribution in [0.3, 0.4) is 0 Å². The molecule has 0 bridgehead atoms. The molecule has 26 heavy (non-hydrogen) atoms. The highest BCUT2D eigenvalue weighted by molar-refractivity contribution is 6.32. The first-order valence-corrected chi connectivity index (χ1v) is 9.59. The van der Waals surface area contributed by atoms with Crippen molar-refractivity contribution in [2.45, 2.75) is 26.7 Å². The predicted octanol–water partition coefficient (Wildman–Crippen LogP) is 3.61. The van der Waals surface area contributed by atoms with Crippen LogP contribution in [0.1, 0.15) is 32.3 Å². The Bertz CT molecular complexity index is 626. The fourth-order valence-electron chi connectivity index (χ4n) is 2.97. The number of hydrogen-bond donors (Lipinski definition) is 1. The molecule has 0 saturated carbocycles. The number of likely N-dealkylation sites (tertiary alicyclic amines) is 1. The van der Waals surface area contributed by atoms with Gasteiger partial charge in [0.05, 0.1) is 18.7 Å². The number of rotatable bonds is 8. The zero-order valence-corrected chi connectivity index (χ0v) is 16.6. The van der Waals surface area contributed by atoms with Gasteiger partial charge in [0.1, 0.15) is 0 Å². The number of hydrogen-bond acceptors (Lipinski definition) is 4. The van der Waals surface area contributed by atoms with Crippen molar-refractivity contribution in [1.29, 1.82) is 0 Å².